The predicted octanol–water partition coefficient (Wildman–Crippen LogP) is 3.79. The first-order valence-electron chi connectivity index (χ1n) is 4.81. The number of hydrogen-bond acceptors (Lipinski definition) is 4. The minimum atomic E-state index is 1.37. The van der Waals surface area contributed by atoms with Crippen molar-refractivity contribution in [2.24, 2.45) is 0 Å². The van der Waals surface area contributed by atoms with Crippen molar-refractivity contribution in [3.63, 3.8) is 0 Å². The molecule has 0 spiro atoms. The van der Waals surface area contributed by atoms with Crippen molar-refractivity contribution in [2.45, 2.75) is 58.8 Å². The van der Waals surface area contributed by atoms with Crippen molar-refractivity contribution in [1.29, 1.82) is 0 Å². The molecule has 0 aromatic carbocycles. The number of rotatable bonds is 6. The van der Waals surface area contributed by atoms with Gasteiger partial charge in [-0.1, -0.05) is 58.8 Å². The minimum absolute atomic E-state index is 1.37. The van der Waals surface area contributed by atoms with E-state index in [4.69, 9.17) is 21.0 Å². The first-order valence-corrected chi connectivity index (χ1v) is 4.81. The van der Waals surface area contributed by atoms with E-state index in [-0.39, 0.29) is 0 Å². The first kappa shape index (κ1) is 18.6. The zero-order chi connectivity index (χ0) is 10.9. The van der Waals surface area contributed by atoms with Gasteiger partial charge in [-0.3, -0.25) is 21.0 Å². The molecule has 4 heteroatoms. The predicted molar refractivity (Wildman–Crippen MR) is 54.2 cm³/mol. The molecule has 0 saturated carbocycles. The fourth-order valence-electron chi connectivity index (χ4n) is 1.03. The van der Waals surface area contributed by atoms with Gasteiger partial charge >= 0.3 is 0 Å². The van der Waals surface area contributed by atoms with Crippen molar-refractivity contribution in [1.82, 2.24) is 0 Å². The van der Waals surface area contributed by atoms with Gasteiger partial charge in [0.1, 0.15) is 0 Å². The molecule has 0 aliphatic heterocycles. The van der Waals surface area contributed by atoms with Crippen LogP contribution in [0.2, 0.25) is 0 Å². The summed E-state index contributed by atoms with van der Waals surface area (Å²) in [6, 6.07) is 0. The van der Waals surface area contributed by atoms with E-state index in [0.29, 0.717) is 0 Å². The second-order valence-electron chi connectivity index (χ2n) is 2.77. The number of unbranched alkanes of at least 4 members (excludes halogenated alkanes) is 6. The molecule has 4 N–H and O–H groups in total. The summed E-state index contributed by atoms with van der Waals surface area (Å²) in [5.74, 6) is 0. The average molecular weight is 196 g/mol. The number of hydrogen-bond donors (Lipinski definition) is 4. The molecule has 0 bridgehead atoms. The highest BCUT2D eigenvalue weighted by atomic mass is 17.0. The van der Waals surface area contributed by atoms with Crippen LogP contribution in [-0.4, -0.2) is 21.0 Å². The Bertz CT molecular complexity index is 44.9. The summed E-state index contributed by atoms with van der Waals surface area (Å²) >= 11 is 0. The summed E-state index contributed by atoms with van der Waals surface area (Å²) in [6.45, 7) is 4.53. The quantitative estimate of drug-likeness (QED) is 0.296. The van der Waals surface area contributed by atoms with Crippen molar-refractivity contribution in [3.8, 4) is 0 Å². The normalized spacial score (nSPS) is 7.85. The second-order valence-corrected chi connectivity index (χ2v) is 2.77. The molecule has 0 aromatic rings. The monoisotopic (exact) mass is 196 g/mol. The van der Waals surface area contributed by atoms with Crippen LogP contribution in [0.4, 0.5) is 0 Å². The molecule has 84 valence electrons. The molecule has 0 saturated heterocycles. The van der Waals surface area contributed by atoms with Crippen LogP contribution in [0.25, 0.3) is 0 Å². The summed E-state index contributed by atoms with van der Waals surface area (Å²) < 4.78 is 0. The molecule has 0 aromatic heterocycles. The molecule has 0 atom stereocenters. The third-order valence-corrected chi connectivity index (χ3v) is 1.71. The van der Waals surface area contributed by atoms with E-state index in [0.717, 1.165) is 0 Å². The highest BCUT2D eigenvalue weighted by molar-refractivity contribution is 4.41. The van der Waals surface area contributed by atoms with Crippen LogP contribution in [0, 0.1) is 0 Å². The van der Waals surface area contributed by atoms with E-state index in [1.165, 1.54) is 44.9 Å². The third-order valence-electron chi connectivity index (χ3n) is 1.71. The molecular formula is C9H24O4. The molecular weight excluding hydrogens is 172 g/mol. The summed E-state index contributed by atoms with van der Waals surface area (Å²) in [6.07, 6.45) is 9.97. The fraction of sp³-hybridized carbons (Fsp3) is 1.00. The van der Waals surface area contributed by atoms with Crippen LogP contribution in [0.5, 0.6) is 0 Å². The maximum atomic E-state index is 6.00. The van der Waals surface area contributed by atoms with Crippen LogP contribution in [0.1, 0.15) is 58.8 Å². The minimum Gasteiger partial charge on any atom is -0.255 e. The van der Waals surface area contributed by atoms with Gasteiger partial charge in [-0.2, -0.15) is 0 Å². The van der Waals surface area contributed by atoms with E-state index in [1.54, 1.807) is 0 Å². The molecule has 4 nitrogen and oxygen atoms in total. The molecule has 0 aliphatic rings. The Morgan fingerprint density at radius 3 is 1.00 bits per heavy atom. The van der Waals surface area contributed by atoms with E-state index < -0.39 is 0 Å². The lowest BCUT2D eigenvalue weighted by Gasteiger charge is -1.96. The largest absolute Gasteiger partial charge is 0.255 e. The van der Waals surface area contributed by atoms with Gasteiger partial charge in [-0.25, -0.2) is 0 Å². The van der Waals surface area contributed by atoms with E-state index in [1.807, 2.05) is 0 Å². The molecule has 0 fully saturated rings. The molecule has 0 aliphatic carbocycles. The van der Waals surface area contributed by atoms with Gasteiger partial charge in [-0.15, -0.1) is 0 Å². The summed E-state index contributed by atoms with van der Waals surface area (Å²) in [5, 5.41) is 24.0. The Kier molecular flexibility index (Phi) is 42.5. The summed E-state index contributed by atoms with van der Waals surface area (Å²) in [7, 11) is 0. The van der Waals surface area contributed by atoms with E-state index in [2.05, 4.69) is 13.8 Å². The van der Waals surface area contributed by atoms with Gasteiger partial charge in [0.2, 0.25) is 0 Å². The van der Waals surface area contributed by atoms with Crippen LogP contribution in [0.3, 0.4) is 0 Å². The second kappa shape index (κ2) is 29.7. The van der Waals surface area contributed by atoms with Gasteiger partial charge in [-0.05, 0) is 0 Å². The van der Waals surface area contributed by atoms with Crippen molar-refractivity contribution < 1.29 is 21.0 Å². The lowest BCUT2D eigenvalue weighted by molar-refractivity contribution is -0.176. The SMILES string of the molecule is CCCCCCCCC.OO.OO. The Labute approximate surface area is 80.7 Å². The fourth-order valence-corrected chi connectivity index (χ4v) is 1.03. The first-order chi connectivity index (χ1) is 6.41. The smallest absolute Gasteiger partial charge is 0.0533 e. The van der Waals surface area contributed by atoms with Gasteiger partial charge in [0.15, 0.2) is 0 Å². The van der Waals surface area contributed by atoms with Crippen molar-refractivity contribution in [2.75, 3.05) is 0 Å². The van der Waals surface area contributed by atoms with E-state index in [9.17, 15) is 0 Å². The molecule has 0 heterocycles. The lowest BCUT2D eigenvalue weighted by atomic mass is 10.1. The maximum Gasteiger partial charge on any atom is -0.0533 e. The van der Waals surface area contributed by atoms with E-state index >= 15 is 0 Å². The van der Waals surface area contributed by atoms with Gasteiger partial charge < -0.3 is 0 Å². The van der Waals surface area contributed by atoms with Crippen LogP contribution in [0.15, 0.2) is 0 Å². The molecule has 0 unspecified atom stereocenters. The Morgan fingerprint density at radius 2 is 0.769 bits per heavy atom. The zero-order valence-corrected chi connectivity index (χ0v) is 8.74. The Balaban J connectivity index is -0.000000218. The molecule has 0 radical (unpaired) electrons. The standard InChI is InChI=1S/C9H20.2H2O2/c1-3-5-7-9-8-6-4-2;2*1-2/h3-9H2,1-2H3;2*1-2H. The van der Waals surface area contributed by atoms with Crippen LogP contribution >= 0.6 is 0 Å². The summed E-state index contributed by atoms with van der Waals surface area (Å²) in [5.41, 5.74) is 0. The topological polar surface area (TPSA) is 80.9 Å². The van der Waals surface area contributed by atoms with Crippen molar-refractivity contribution >= 4 is 0 Å². The Hall–Kier alpha value is -0.160. The Morgan fingerprint density at radius 1 is 0.538 bits per heavy atom. The molecule has 13 heavy (non-hydrogen) atoms. The summed E-state index contributed by atoms with van der Waals surface area (Å²) in [4.78, 5) is 0. The maximum absolute atomic E-state index is 6.00. The van der Waals surface area contributed by atoms with Crippen LogP contribution < -0.4 is 0 Å². The van der Waals surface area contributed by atoms with Gasteiger partial charge in [0, 0.05) is 0 Å². The van der Waals surface area contributed by atoms with Crippen LogP contribution in [-0.2, 0) is 0 Å². The van der Waals surface area contributed by atoms with Gasteiger partial charge in [0.25, 0.3) is 0 Å². The highest BCUT2D eigenvalue weighted by Crippen LogP contribution is 2.05. The third kappa shape index (κ3) is 33.6. The average Bonchev–Trinajstić information content (AvgIpc) is 2.24. The molecule has 0 rings (SSSR count). The highest BCUT2D eigenvalue weighted by Gasteiger charge is 1.85. The zero-order valence-electron chi connectivity index (χ0n) is 8.74. The lowest BCUT2D eigenvalue weighted by Crippen LogP contribution is -1.76. The van der Waals surface area contributed by atoms with Crippen molar-refractivity contribution in [3.05, 3.63) is 0 Å². The molecule has 0 amide bonds. The van der Waals surface area contributed by atoms with Gasteiger partial charge in [0.05, 0.1) is 0 Å².